The summed E-state index contributed by atoms with van der Waals surface area (Å²) in [7, 11) is 0. The Morgan fingerprint density at radius 1 is 1.45 bits per heavy atom. The number of carbonyl (C=O) groups is 1. The van der Waals surface area contributed by atoms with E-state index in [1.165, 1.54) is 0 Å². The molecule has 0 aromatic heterocycles. The minimum absolute atomic E-state index is 0.201. The SMILES string of the molecule is C=CC=CC=CCC(=O)NN. The Morgan fingerprint density at radius 2 is 2.18 bits per heavy atom. The van der Waals surface area contributed by atoms with Gasteiger partial charge in [0.15, 0.2) is 0 Å². The van der Waals surface area contributed by atoms with E-state index in [0.29, 0.717) is 6.42 Å². The fourth-order valence-corrected chi connectivity index (χ4v) is 0.455. The van der Waals surface area contributed by atoms with Crippen molar-refractivity contribution < 1.29 is 4.79 Å². The van der Waals surface area contributed by atoms with E-state index in [0.717, 1.165) is 0 Å². The summed E-state index contributed by atoms with van der Waals surface area (Å²) >= 11 is 0. The van der Waals surface area contributed by atoms with Gasteiger partial charge in [0.05, 0.1) is 0 Å². The van der Waals surface area contributed by atoms with Gasteiger partial charge < -0.3 is 0 Å². The van der Waals surface area contributed by atoms with E-state index >= 15 is 0 Å². The fraction of sp³-hybridized carbons (Fsp3) is 0.125. The van der Waals surface area contributed by atoms with Crippen LogP contribution >= 0.6 is 0 Å². The lowest BCUT2D eigenvalue weighted by molar-refractivity contribution is -0.120. The Hall–Kier alpha value is -1.35. The second kappa shape index (κ2) is 6.77. The second-order valence-electron chi connectivity index (χ2n) is 1.82. The molecule has 0 heterocycles. The molecule has 0 saturated carbocycles. The van der Waals surface area contributed by atoms with Crippen molar-refractivity contribution in [1.29, 1.82) is 0 Å². The van der Waals surface area contributed by atoms with E-state index in [1.807, 2.05) is 5.43 Å². The van der Waals surface area contributed by atoms with Gasteiger partial charge in [0.25, 0.3) is 0 Å². The number of rotatable bonds is 4. The van der Waals surface area contributed by atoms with Crippen LogP contribution in [0.15, 0.2) is 37.0 Å². The van der Waals surface area contributed by atoms with Gasteiger partial charge in [0, 0.05) is 6.42 Å². The van der Waals surface area contributed by atoms with Crippen LogP contribution < -0.4 is 11.3 Å². The number of hydrogen-bond donors (Lipinski definition) is 2. The first-order valence-corrected chi connectivity index (χ1v) is 3.25. The van der Waals surface area contributed by atoms with E-state index in [4.69, 9.17) is 5.84 Å². The fourth-order valence-electron chi connectivity index (χ4n) is 0.455. The molecule has 1 amide bonds. The summed E-state index contributed by atoms with van der Waals surface area (Å²) in [6.45, 7) is 3.49. The smallest absolute Gasteiger partial charge is 0.237 e. The summed E-state index contributed by atoms with van der Waals surface area (Å²) in [5.74, 6) is 4.64. The van der Waals surface area contributed by atoms with Gasteiger partial charge in [-0.2, -0.15) is 0 Å². The Bertz CT molecular complexity index is 183. The lowest BCUT2D eigenvalue weighted by Crippen LogP contribution is -2.29. The average molecular weight is 152 g/mol. The van der Waals surface area contributed by atoms with Crippen molar-refractivity contribution in [3.8, 4) is 0 Å². The van der Waals surface area contributed by atoms with E-state index in [9.17, 15) is 4.79 Å². The van der Waals surface area contributed by atoms with Gasteiger partial charge >= 0.3 is 0 Å². The van der Waals surface area contributed by atoms with Gasteiger partial charge in [-0.3, -0.25) is 10.2 Å². The zero-order valence-corrected chi connectivity index (χ0v) is 6.29. The van der Waals surface area contributed by atoms with Crippen LogP contribution in [-0.4, -0.2) is 5.91 Å². The molecule has 11 heavy (non-hydrogen) atoms. The normalized spacial score (nSPS) is 10.6. The molecule has 0 spiro atoms. The maximum absolute atomic E-state index is 10.5. The molecule has 0 radical (unpaired) electrons. The van der Waals surface area contributed by atoms with Gasteiger partial charge in [-0.25, -0.2) is 5.84 Å². The Morgan fingerprint density at radius 3 is 2.73 bits per heavy atom. The number of nitrogens with two attached hydrogens (primary N) is 1. The van der Waals surface area contributed by atoms with Crippen LogP contribution in [0.2, 0.25) is 0 Å². The highest BCUT2D eigenvalue weighted by molar-refractivity contribution is 5.76. The van der Waals surface area contributed by atoms with Crippen molar-refractivity contribution in [2.75, 3.05) is 0 Å². The molecule has 3 N–H and O–H groups in total. The first-order valence-electron chi connectivity index (χ1n) is 3.25. The first kappa shape index (κ1) is 9.65. The van der Waals surface area contributed by atoms with E-state index in [-0.39, 0.29) is 5.91 Å². The van der Waals surface area contributed by atoms with Crippen molar-refractivity contribution in [3.05, 3.63) is 37.0 Å². The molecule has 0 aliphatic heterocycles. The maximum Gasteiger partial charge on any atom is 0.237 e. The minimum atomic E-state index is -0.201. The van der Waals surface area contributed by atoms with Crippen molar-refractivity contribution in [2.45, 2.75) is 6.42 Å². The molecule has 0 saturated heterocycles. The van der Waals surface area contributed by atoms with Crippen LogP contribution in [0.4, 0.5) is 0 Å². The topological polar surface area (TPSA) is 55.1 Å². The third-order valence-electron chi connectivity index (χ3n) is 0.959. The summed E-state index contributed by atoms with van der Waals surface area (Å²) in [5.41, 5.74) is 2.02. The van der Waals surface area contributed by atoms with Gasteiger partial charge in [0.2, 0.25) is 5.91 Å². The highest BCUT2D eigenvalue weighted by Gasteiger charge is 1.89. The average Bonchev–Trinajstić information content (AvgIpc) is 2.04. The molecule has 60 valence electrons. The first-order chi connectivity index (χ1) is 5.31. The monoisotopic (exact) mass is 152 g/mol. The molecule has 0 atom stereocenters. The molecule has 0 unspecified atom stereocenters. The van der Waals surface area contributed by atoms with E-state index in [2.05, 4.69) is 6.58 Å². The summed E-state index contributed by atoms with van der Waals surface area (Å²) in [4.78, 5) is 10.5. The molecule has 3 nitrogen and oxygen atoms in total. The van der Waals surface area contributed by atoms with Crippen molar-refractivity contribution in [2.24, 2.45) is 5.84 Å². The van der Waals surface area contributed by atoms with Crippen LogP contribution in [0, 0.1) is 0 Å². The van der Waals surface area contributed by atoms with Crippen LogP contribution in [0.1, 0.15) is 6.42 Å². The van der Waals surface area contributed by atoms with Gasteiger partial charge in [-0.1, -0.05) is 37.0 Å². The predicted octanol–water partition coefficient (Wildman–Crippen LogP) is 0.665. The van der Waals surface area contributed by atoms with Crippen molar-refractivity contribution >= 4 is 5.91 Å². The molecule has 0 aliphatic carbocycles. The Labute approximate surface area is 66.2 Å². The minimum Gasteiger partial charge on any atom is -0.294 e. The van der Waals surface area contributed by atoms with Crippen LogP contribution in [0.25, 0.3) is 0 Å². The third kappa shape index (κ3) is 6.54. The lowest BCUT2D eigenvalue weighted by Gasteiger charge is -1.90. The van der Waals surface area contributed by atoms with Gasteiger partial charge in [-0.15, -0.1) is 0 Å². The quantitative estimate of drug-likeness (QED) is 0.269. The predicted molar refractivity (Wildman–Crippen MR) is 45.4 cm³/mol. The van der Waals surface area contributed by atoms with Crippen LogP contribution in [0.3, 0.4) is 0 Å². The molecule has 0 aromatic rings. The maximum atomic E-state index is 10.5. The second-order valence-corrected chi connectivity index (χ2v) is 1.82. The number of carbonyl (C=O) groups excluding carboxylic acids is 1. The molecule has 0 bridgehead atoms. The summed E-state index contributed by atoms with van der Waals surface area (Å²) in [5, 5.41) is 0. The standard InChI is InChI=1S/C8H12N2O/c1-2-3-4-5-6-7-8(11)10-9/h2-6H,1,7,9H2,(H,10,11). The number of hydrazine groups is 1. The van der Waals surface area contributed by atoms with Crippen molar-refractivity contribution in [1.82, 2.24) is 5.43 Å². The zero-order chi connectivity index (χ0) is 8.53. The Kier molecular flexibility index (Phi) is 5.94. The van der Waals surface area contributed by atoms with Crippen LogP contribution in [-0.2, 0) is 4.79 Å². The Balaban J connectivity index is 3.52. The summed E-state index contributed by atoms with van der Waals surface area (Å²) < 4.78 is 0. The molecule has 0 rings (SSSR count). The van der Waals surface area contributed by atoms with E-state index in [1.54, 1.807) is 30.4 Å². The van der Waals surface area contributed by atoms with Gasteiger partial charge in [-0.05, 0) is 0 Å². The lowest BCUT2D eigenvalue weighted by atomic mass is 10.3. The molecule has 0 aromatic carbocycles. The third-order valence-corrected chi connectivity index (χ3v) is 0.959. The van der Waals surface area contributed by atoms with E-state index < -0.39 is 0 Å². The number of allylic oxidation sites excluding steroid dienone is 4. The number of nitrogens with one attached hydrogen (secondary N) is 1. The summed E-state index contributed by atoms with van der Waals surface area (Å²) in [6.07, 6.45) is 9.00. The summed E-state index contributed by atoms with van der Waals surface area (Å²) in [6, 6.07) is 0. The molecular formula is C8H12N2O. The molecule has 3 heteroatoms. The highest BCUT2D eigenvalue weighted by Crippen LogP contribution is 1.83. The van der Waals surface area contributed by atoms with Crippen LogP contribution in [0.5, 0.6) is 0 Å². The number of hydrogen-bond acceptors (Lipinski definition) is 2. The largest absolute Gasteiger partial charge is 0.294 e. The molecule has 0 fully saturated rings. The zero-order valence-electron chi connectivity index (χ0n) is 6.29. The highest BCUT2D eigenvalue weighted by atomic mass is 16.2. The molecular weight excluding hydrogens is 140 g/mol. The van der Waals surface area contributed by atoms with Crippen molar-refractivity contribution in [3.63, 3.8) is 0 Å². The molecule has 0 aliphatic rings. The van der Waals surface area contributed by atoms with Gasteiger partial charge in [0.1, 0.15) is 0 Å². The number of amides is 1.